The van der Waals surface area contributed by atoms with Crippen molar-refractivity contribution in [1.29, 1.82) is 0 Å². The van der Waals surface area contributed by atoms with Crippen molar-refractivity contribution in [2.45, 2.75) is 73.0 Å². The van der Waals surface area contributed by atoms with Gasteiger partial charge in [0.1, 0.15) is 6.10 Å². The molecule has 3 rings (SSSR count). The average Bonchev–Trinajstić information content (AvgIpc) is 2.64. The molecular formula is C25H35NO3. The third kappa shape index (κ3) is 5.09. The summed E-state index contributed by atoms with van der Waals surface area (Å²) in [6.45, 7) is 12.8. The highest BCUT2D eigenvalue weighted by Gasteiger charge is 2.37. The molecular weight excluding hydrogens is 362 g/mol. The van der Waals surface area contributed by atoms with Gasteiger partial charge in [0, 0.05) is 17.0 Å². The van der Waals surface area contributed by atoms with Gasteiger partial charge in [0.25, 0.3) is 0 Å². The zero-order valence-electron chi connectivity index (χ0n) is 18.6. The zero-order valence-corrected chi connectivity index (χ0v) is 18.6. The van der Waals surface area contributed by atoms with Gasteiger partial charge in [0.05, 0.1) is 5.69 Å². The monoisotopic (exact) mass is 397 g/mol. The SMILES string of the molecule is CC(C)[C@H]1CC[C@H](C)C[C@@H]1OC(=O)O[C@H](c1nccc2ccccc12)C(C)(C)C. The van der Waals surface area contributed by atoms with Gasteiger partial charge in [-0.2, -0.15) is 0 Å². The quantitative estimate of drug-likeness (QED) is 0.524. The van der Waals surface area contributed by atoms with Crippen LogP contribution in [0.1, 0.15) is 72.6 Å². The smallest absolute Gasteiger partial charge is 0.431 e. The molecule has 1 saturated carbocycles. The maximum Gasteiger partial charge on any atom is 0.509 e. The summed E-state index contributed by atoms with van der Waals surface area (Å²) < 4.78 is 11.9. The van der Waals surface area contributed by atoms with Crippen molar-refractivity contribution in [3.8, 4) is 0 Å². The summed E-state index contributed by atoms with van der Waals surface area (Å²) in [7, 11) is 0. The first-order valence-electron chi connectivity index (χ1n) is 10.9. The second-order valence-corrected chi connectivity index (χ2v) is 10.0. The standard InChI is InChI=1S/C25H35NO3/c1-16(2)19-12-11-17(3)15-21(19)28-24(27)29-23(25(4,5)6)22-20-10-8-7-9-18(20)13-14-26-22/h7-10,13-14,16-17,19,21,23H,11-12,15H2,1-6H3/t17-,19+,21-,23+/m0/s1. The number of carbonyl (C=O) groups is 1. The number of benzene rings is 1. The Bertz CT molecular complexity index is 834. The highest BCUT2D eigenvalue weighted by Crippen LogP contribution is 2.40. The van der Waals surface area contributed by atoms with Crippen LogP contribution in [0.5, 0.6) is 0 Å². The second kappa shape index (κ2) is 8.73. The van der Waals surface area contributed by atoms with E-state index in [4.69, 9.17) is 9.47 Å². The molecule has 4 nitrogen and oxygen atoms in total. The molecule has 1 aliphatic rings. The Morgan fingerprint density at radius 1 is 1.14 bits per heavy atom. The first-order valence-corrected chi connectivity index (χ1v) is 10.9. The molecule has 0 saturated heterocycles. The van der Waals surface area contributed by atoms with Crippen LogP contribution < -0.4 is 0 Å². The predicted octanol–water partition coefficient (Wildman–Crippen LogP) is 6.94. The highest BCUT2D eigenvalue weighted by molar-refractivity contribution is 5.84. The minimum Gasteiger partial charge on any atom is -0.431 e. The summed E-state index contributed by atoms with van der Waals surface area (Å²) in [5.74, 6) is 1.45. The number of hydrogen-bond donors (Lipinski definition) is 0. The van der Waals surface area contributed by atoms with E-state index in [1.165, 1.54) is 6.42 Å². The Morgan fingerprint density at radius 2 is 1.86 bits per heavy atom. The van der Waals surface area contributed by atoms with Crippen LogP contribution in [0.4, 0.5) is 4.79 Å². The fraction of sp³-hybridized carbons (Fsp3) is 0.600. The number of nitrogens with zero attached hydrogens (tertiary/aromatic N) is 1. The number of carbonyl (C=O) groups excluding carboxylic acids is 1. The van der Waals surface area contributed by atoms with Crippen LogP contribution in [-0.4, -0.2) is 17.2 Å². The zero-order chi connectivity index (χ0) is 21.2. The number of aromatic nitrogens is 1. The molecule has 1 aliphatic carbocycles. The Balaban J connectivity index is 1.83. The van der Waals surface area contributed by atoms with Crippen LogP contribution in [0.3, 0.4) is 0 Å². The van der Waals surface area contributed by atoms with E-state index in [9.17, 15) is 4.79 Å². The molecule has 158 valence electrons. The maximum absolute atomic E-state index is 12.9. The third-order valence-electron chi connectivity index (χ3n) is 6.16. The number of fused-ring (bicyclic) bond motifs is 1. The lowest BCUT2D eigenvalue weighted by atomic mass is 9.75. The lowest BCUT2D eigenvalue weighted by Gasteiger charge is -2.37. The molecule has 1 aromatic carbocycles. The van der Waals surface area contributed by atoms with Crippen LogP contribution >= 0.6 is 0 Å². The third-order valence-corrected chi connectivity index (χ3v) is 6.16. The summed E-state index contributed by atoms with van der Waals surface area (Å²) in [5, 5.41) is 2.10. The fourth-order valence-electron chi connectivity index (χ4n) is 4.49. The van der Waals surface area contributed by atoms with Crippen molar-refractivity contribution >= 4 is 16.9 Å². The van der Waals surface area contributed by atoms with Gasteiger partial charge in [-0.3, -0.25) is 4.98 Å². The van der Waals surface area contributed by atoms with Crippen LogP contribution in [-0.2, 0) is 9.47 Å². The fourth-order valence-corrected chi connectivity index (χ4v) is 4.49. The Kier molecular flexibility index (Phi) is 6.50. The number of ether oxygens (including phenoxy) is 2. The van der Waals surface area contributed by atoms with E-state index in [2.05, 4.69) is 52.6 Å². The minimum atomic E-state index is -0.579. The normalized spacial score (nSPS) is 23.8. The van der Waals surface area contributed by atoms with E-state index in [1.807, 2.05) is 24.3 Å². The lowest BCUT2D eigenvalue weighted by molar-refractivity contribution is -0.0651. The molecule has 4 atom stereocenters. The molecule has 0 spiro atoms. The van der Waals surface area contributed by atoms with E-state index in [0.29, 0.717) is 17.8 Å². The molecule has 0 bridgehead atoms. The first kappa shape index (κ1) is 21.6. The number of rotatable bonds is 4. The van der Waals surface area contributed by atoms with Gasteiger partial charge in [0.2, 0.25) is 0 Å². The van der Waals surface area contributed by atoms with Crippen molar-refractivity contribution in [3.05, 3.63) is 42.2 Å². The molecule has 0 unspecified atom stereocenters. The number of pyridine rings is 1. The van der Waals surface area contributed by atoms with Gasteiger partial charge >= 0.3 is 6.16 Å². The Morgan fingerprint density at radius 3 is 2.55 bits per heavy atom. The lowest BCUT2D eigenvalue weighted by Crippen LogP contribution is -2.37. The Labute approximate surface area is 175 Å². The van der Waals surface area contributed by atoms with Gasteiger partial charge < -0.3 is 9.47 Å². The van der Waals surface area contributed by atoms with Gasteiger partial charge in [-0.25, -0.2) is 4.79 Å². The predicted molar refractivity (Wildman–Crippen MR) is 117 cm³/mol. The minimum absolute atomic E-state index is 0.0765. The molecule has 0 N–H and O–H groups in total. The van der Waals surface area contributed by atoms with Crippen molar-refractivity contribution in [1.82, 2.24) is 4.98 Å². The van der Waals surface area contributed by atoms with E-state index in [-0.39, 0.29) is 11.5 Å². The molecule has 0 aliphatic heterocycles. The summed E-state index contributed by atoms with van der Waals surface area (Å²) in [6.07, 6.45) is 3.84. The van der Waals surface area contributed by atoms with Crippen LogP contribution in [0.25, 0.3) is 10.8 Å². The van der Waals surface area contributed by atoms with Gasteiger partial charge in [-0.1, -0.05) is 72.2 Å². The molecule has 1 heterocycles. The van der Waals surface area contributed by atoms with Gasteiger partial charge in [-0.15, -0.1) is 0 Å². The van der Waals surface area contributed by atoms with Crippen molar-refractivity contribution in [3.63, 3.8) is 0 Å². The average molecular weight is 398 g/mol. The van der Waals surface area contributed by atoms with Crippen LogP contribution in [0, 0.1) is 23.2 Å². The molecule has 0 amide bonds. The summed E-state index contributed by atoms with van der Waals surface area (Å²) in [5.41, 5.74) is 0.470. The summed E-state index contributed by atoms with van der Waals surface area (Å²) in [6, 6.07) is 10.1. The largest absolute Gasteiger partial charge is 0.509 e. The van der Waals surface area contributed by atoms with Crippen molar-refractivity contribution in [2.75, 3.05) is 0 Å². The van der Waals surface area contributed by atoms with E-state index in [1.54, 1.807) is 6.20 Å². The van der Waals surface area contributed by atoms with Crippen molar-refractivity contribution in [2.24, 2.45) is 23.2 Å². The molecule has 4 heteroatoms. The molecule has 1 aromatic heterocycles. The topological polar surface area (TPSA) is 48.4 Å². The molecule has 0 radical (unpaired) electrons. The first-order chi connectivity index (χ1) is 13.7. The van der Waals surface area contributed by atoms with Crippen LogP contribution in [0.2, 0.25) is 0 Å². The van der Waals surface area contributed by atoms with Crippen molar-refractivity contribution < 1.29 is 14.3 Å². The van der Waals surface area contributed by atoms with E-state index >= 15 is 0 Å². The van der Waals surface area contributed by atoms with Crippen LogP contribution in [0.15, 0.2) is 36.5 Å². The maximum atomic E-state index is 12.9. The number of hydrogen-bond acceptors (Lipinski definition) is 4. The molecule has 29 heavy (non-hydrogen) atoms. The van der Waals surface area contributed by atoms with Gasteiger partial charge in [0.15, 0.2) is 6.10 Å². The Hall–Kier alpha value is -2.10. The van der Waals surface area contributed by atoms with E-state index in [0.717, 1.165) is 29.3 Å². The second-order valence-electron chi connectivity index (χ2n) is 10.0. The molecule has 1 fully saturated rings. The summed E-state index contributed by atoms with van der Waals surface area (Å²) in [4.78, 5) is 17.5. The summed E-state index contributed by atoms with van der Waals surface area (Å²) >= 11 is 0. The molecule has 2 aromatic rings. The highest BCUT2D eigenvalue weighted by atomic mass is 16.7. The van der Waals surface area contributed by atoms with E-state index < -0.39 is 12.3 Å². The van der Waals surface area contributed by atoms with Gasteiger partial charge in [-0.05, 0) is 42.0 Å².